The van der Waals surface area contributed by atoms with E-state index in [4.69, 9.17) is 26.3 Å². The van der Waals surface area contributed by atoms with Crippen LogP contribution in [0.5, 0.6) is 0 Å². The number of pyridine rings is 1. The molecule has 1 spiro atoms. The van der Waals surface area contributed by atoms with Crippen molar-refractivity contribution in [1.29, 1.82) is 0 Å². The Morgan fingerprint density at radius 2 is 1.89 bits per heavy atom. The second kappa shape index (κ2) is 11.0. The first-order valence-corrected chi connectivity index (χ1v) is 14.1. The predicted octanol–water partition coefficient (Wildman–Crippen LogP) is 5.67. The molecule has 2 atom stereocenters. The van der Waals surface area contributed by atoms with Crippen molar-refractivity contribution >= 4 is 40.2 Å². The molecule has 0 aliphatic heterocycles. The van der Waals surface area contributed by atoms with E-state index in [1.165, 1.54) is 0 Å². The molecule has 0 N–H and O–H groups in total. The van der Waals surface area contributed by atoms with Gasteiger partial charge in [0.1, 0.15) is 16.7 Å². The first-order valence-electron chi connectivity index (χ1n) is 13.7. The molecule has 1 unspecified atom stereocenters. The number of ketones is 1. The van der Waals surface area contributed by atoms with Crippen LogP contribution in [0.1, 0.15) is 64.3 Å². The van der Waals surface area contributed by atoms with E-state index in [0.717, 1.165) is 66.8 Å². The maximum absolute atomic E-state index is 13.0. The van der Waals surface area contributed by atoms with E-state index in [9.17, 15) is 9.59 Å². The molecule has 2 heterocycles. The van der Waals surface area contributed by atoms with E-state index in [2.05, 4.69) is 23.4 Å². The molecular weight excluding hydrogens is 500 g/mol. The Labute approximate surface area is 228 Å². The van der Waals surface area contributed by atoms with Crippen molar-refractivity contribution in [2.75, 3.05) is 6.61 Å². The molecule has 2 aliphatic carbocycles. The van der Waals surface area contributed by atoms with Gasteiger partial charge in [-0.2, -0.15) is 0 Å². The van der Waals surface area contributed by atoms with E-state index in [1.807, 2.05) is 36.4 Å². The van der Waals surface area contributed by atoms with Gasteiger partial charge in [-0.25, -0.2) is 14.8 Å². The molecule has 2 aromatic heterocycles. The number of hydrogen-bond acceptors (Lipinski definition) is 6. The van der Waals surface area contributed by atoms with Crippen LogP contribution in [0, 0.1) is 11.3 Å². The second-order valence-electron chi connectivity index (χ2n) is 10.8. The molecule has 7 nitrogen and oxygen atoms in total. The molecule has 8 heteroatoms. The highest BCUT2D eigenvalue weighted by Crippen LogP contribution is 2.49. The van der Waals surface area contributed by atoms with Gasteiger partial charge in [0, 0.05) is 24.7 Å². The van der Waals surface area contributed by atoms with Crippen LogP contribution in [0.25, 0.3) is 16.9 Å². The lowest BCUT2D eigenvalue weighted by molar-refractivity contribution is -0.144. The number of benzene rings is 1. The summed E-state index contributed by atoms with van der Waals surface area (Å²) in [6, 6.07) is 11.2. The molecule has 0 radical (unpaired) electrons. The quantitative estimate of drug-likeness (QED) is 0.274. The number of carbonyl (C=O) groups excluding carboxylic acids is 2. The number of imidazole rings is 1. The highest BCUT2D eigenvalue weighted by Gasteiger charge is 2.58. The summed E-state index contributed by atoms with van der Waals surface area (Å²) in [6.45, 7) is 6.41. The lowest BCUT2D eigenvalue weighted by atomic mass is 9.58. The van der Waals surface area contributed by atoms with Crippen molar-refractivity contribution in [1.82, 2.24) is 14.5 Å². The number of fused-ring (bicyclic) bond motifs is 1. The maximum Gasteiger partial charge on any atom is 0.331 e. The van der Waals surface area contributed by atoms with E-state index >= 15 is 0 Å². The first kappa shape index (κ1) is 26.5. The predicted molar refractivity (Wildman–Crippen MR) is 149 cm³/mol. The minimum atomic E-state index is -0.742. The van der Waals surface area contributed by atoms with Crippen LogP contribution in [0.2, 0.25) is 0 Å². The molecular formula is C30H35ClN4O3. The lowest BCUT2D eigenvalue weighted by Gasteiger charge is -2.47. The number of esters is 1. The van der Waals surface area contributed by atoms with Crippen LogP contribution in [-0.2, 0) is 27.2 Å². The summed E-state index contributed by atoms with van der Waals surface area (Å²) in [7, 11) is 0. The summed E-state index contributed by atoms with van der Waals surface area (Å²) in [5.74, 6) is 1.09. The topological polar surface area (TPSA) is 86.4 Å². The molecule has 38 heavy (non-hydrogen) atoms. The van der Waals surface area contributed by atoms with Crippen LogP contribution in [-0.4, -0.2) is 50.0 Å². The third kappa shape index (κ3) is 4.89. The molecule has 5 rings (SSSR count). The SMILES string of the molecule is CCOC(=O)[C@H](Cc1ccc(-n2c(CC(C)C)nc3cccnc32)cc1)N=C1C(Cl)C(=O)C12CCCCC2. The normalized spacial score (nSPS) is 20.7. The number of nitrogens with zero attached hydrogens (tertiary/aromatic N) is 4. The molecule has 2 aliphatic rings. The highest BCUT2D eigenvalue weighted by molar-refractivity contribution is 6.54. The number of Topliss-reactive ketones (excluding diaryl/α,β-unsaturated/α-hetero) is 1. The first-order chi connectivity index (χ1) is 18.3. The number of ether oxygens (including phenoxy) is 1. The van der Waals surface area contributed by atoms with Crippen molar-refractivity contribution in [2.24, 2.45) is 16.3 Å². The van der Waals surface area contributed by atoms with E-state index in [-0.39, 0.29) is 18.4 Å². The molecule has 3 aromatic rings. The van der Waals surface area contributed by atoms with Crippen molar-refractivity contribution in [3.63, 3.8) is 0 Å². The molecule has 0 bridgehead atoms. The standard InChI is InChI=1S/C30H35ClN4O3/c1-4-38-29(37)23(34-26-25(31)27(36)30(26)14-6-5-7-15-30)18-20-10-12-21(13-11-20)35-24(17-19(2)3)33-22-9-8-16-32-28(22)35/h8-13,16,19,23,25H,4-7,14-15,17-18H2,1-3H3/t23-,25?/m0/s1. The van der Waals surface area contributed by atoms with Gasteiger partial charge >= 0.3 is 5.97 Å². The minimum Gasteiger partial charge on any atom is -0.464 e. The summed E-state index contributed by atoms with van der Waals surface area (Å²) in [5.41, 5.74) is 3.71. The Balaban J connectivity index is 1.44. The molecule has 2 saturated carbocycles. The fraction of sp³-hybridized carbons (Fsp3) is 0.500. The molecule has 0 amide bonds. The highest BCUT2D eigenvalue weighted by atomic mass is 35.5. The number of hydrogen-bond donors (Lipinski definition) is 0. The lowest BCUT2D eigenvalue weighted by Crippen LogP contribution is -2.61. The third-order valence-corrected chi connectivity index (χ3v) is 8.10. The number of rotatable bonds is 8. The third-order valence-electron chi connectivity index (χ3n) is 7.69. The monoisotopic (exact) mass is 534 g/mol. The number of halogens is 1. The Morgan fingerprint density at radius 1 is 1.16 bits per heavy atom. The van der Waals surface area contributed by atoms with Gasteiger partial charge in [0.2, 0.25) is 0 Å². The number of aromatic nitrogens is 3. The van der Waals surface area contributed by atoms with Gasteiger partial charge < -0.3 is 4.74 Å². The van der Waals surface area contributed by atoms with Crippen LogP contribution in [0.3, 0.4) is 0 Å². The zero-order valence-corrected chi connectivity index (χ0v) is 23.1. The van der Waals surface area contributed by atoms with Crippen LogP contribution < -0.4 is 0 Å². The van der Waals surface area contributed by atoms with Gasteiger partial charge in [-0.1, -0.05) is 45.2 Å². The zero-order valence-electron chi connectivity index (χ0n) is 22.3. The molecule has 200 valence electrons. The van der Waals surface area contributed by atoms with Crippen molar-refractivity contribution < 1.29 is 14.3 Å². The number of carbonyl (C=O) groups is 2. The second-order valence-corrected chi connectivity index (χ2v) is 11.3. The Kier molecular flexibility index (Phi) is 7.66. The summed E-state index contributed by atoms with van der Waals surface area (Å²) >= 11 is 6.45. The van der Waals surface area contributed by atoms with Crippen LogP contribution in [0.15, 0.2) is 47.6 Å². The smallest absolute Gasteiger partial charge is 0.331 e. The molecule has 1 aromatic carbocycles. The zero-order chi connectivity index (χ0) is 26.9. The Morgan fingerprint density at radius 3 is 2.58 bits per heavy atom. The largest absolute Gasteiger partial charge is 0.464 e. The van der Waals surface area contributed by atoms with Crippen molar-refractivity contribution in [2.45, 2.75) is 77.1 Å². The van der Waals surface area contributed by atoms with Gasteiger partial charge in [-0.15, -0.1) is 11.6 Å². The van der Waals surface area contributed by atoms with E-state index in [0.29, 0.717) is 18.1 Å². The van der Waals surface area contributed by atoms with Gasteiger partial charge in [0.25, 0.3) is 0 Å². The van der Waals surface area contributed by atoms with Gasteiger partial charge in [0.15, 0.2) is 17.5 Å². The molecule has 0 saturated heterocycles. The fourth-order valence-corrected chi connectivity index (χ4v) is 6.30. The summed E-state index contributed by atoms with van der Waals surface area (Å²) < 4.78 is 7.48. The van der Waals surface area contributed by atoms with Gasteiger partial charge in [-0.05, 0) is 55.5 Å². The fourth-order valence-electron chi connectivity index (χ4n) is 5.83. The number of alkyl halides is 1. The van der Waals surface area contributed by atoms with E-state index < -0.39 is 16.8 Å². The average molecular weight is 535 g/mol. The summed E-state index contributed by atoms with van der Waals surface area (Å²) in [4.78, 5) is 40.0. The van der Waals surface area contributed by atoms with Gasteiger partial charge in [0.05, 0.1) is 17.7 Å². The van der Waals surface area contributed by atoms with Crippen LogP contribution >= 0.6 is 11.6 Å². The van der Waals surface area contributed by atoms with Crippen molar-refractivity contribution in [3.8, 4) is 5.69 Å². The molecule has 2 fully saturated rings. The van der Waals surface area contributed by atoms with Crippen molar-refractivity contribution in [3.05, 3.63) is 54.0 Å². The number of aliphatic imine (C=N–C) groups is 1. The van der Waals surface area contributed by atoms with Crippen LogP contribution in [0.4, 0.5) is 0 Å². The summed E-state index contributed by atoms with van der Waals surface area (Å²) in [6.07, 6.45) is 7.61. The van der Waals surface area contributed by atoms with Gasteiger partial charge in [-0.3, -0.25) is 14.4 Å². The van der Waals surface area contributed by atoms with E-state index in [1.54, 1.807) is 13.1 Å². The minimum absolute atomic E-state index is 0.0583. The maximum atomic E-state index is 13.0. The Hall–Kier alpha value is -3.06. The summed E-state index contributed by atoms with van der Waals surface area (Å²) in [5, 5.41) is -0.742. The Bertz CT molecular complexity index is 1360. The average Bonchev–Trinajstić information content (AvgIpc) is 3.28.